The summed E-state index contributed by atoms with van der Waals surface area (Å²) in [5.74, 6) is 0.644. The number of rotatable bonds is 1. The van der Waals surface area contributed by atoms with Gasteiger partial charge in [-0.1, -0.05) is 5.92 Å². The molecule has 112 valence electrons. The Morgan fingerprint density at radius 2 is 2.09 bits per heavy atom. The van der Waals surface area contributed by atoms with Crippen molar-refractivity contribution in [2.45, 2.75) is 18.9 Å². The number of aromatic nitrogens is 2. The van der Waals surface area contributed by atoms with E-state index in [1.54, 1.807) is 0 Å². The lowest BCUT2D eigenvalue weighted by molar-refractivity contribution is -0.135. The van der Waals surface area contributed by atoms with Crippen LogP contribution in [0.4, 0.5) is 4.39 Å². The van der Waals surface area contributed by atoms with Crippen LogP contribution in [-0.2, 0) is 16.6 Å². The molecule has 0 aliphatic carbocycles. The first-order valence-electron chi connectivity index (χ1n) is 6.65. The Bertz CT molecular complexity index is 917. The minimum Gasteiger partial charge on any atom is -0.295 e. The topological polar surface area (TPSA) is 73.1 Å². The summed E-state index contributed by atoms with van der Waals surface area (Å²) in [6.07, 6.45) is 5.53. The Balaban J connectivity index is 2.29. The number of benzene rings is 1. The second kappa shape index (κ2) is 4.84. The molecule has 1 aromatic carbocycles. The van der Waals surface area contributed by atoms with Gasteiger partial charge in [0.05, 0.1) is 5.52 Å². The van der Waals surface area contributed by atoms with E-state index in [0.717, 1.165) is 10.6 Å². The van der Waals surface area contributed by atoms with E-state index in [0.29, 0.717) is 11.1 Å². The third-order valence-electron chi connectivity index (χ3n) is 3.83. The van der Waals surface area contributed by atoms with E-state index in [4.69, 9.17) is 6.42 Å². The van der Waals surface area contributed by atoms with Crippen molar-refractivity contribution < 1.29 is 14.0 Å². The van der Waals surface area contributed by atoms with Crippen LogP contribution in [0.15, 0.2) is 16.9 Å². The molecule has 3 rings (SSSR count). The molecule has 2 aromatic rings. The molecule has 0 spiro atoms. The number of nitrogens with zero attached hydrogens (tertiary/aromatic N) is 2. The van der Waals surface area contributed by atoms with Crippen LogP contribution in [0.25, 0.3) is 11.0 Å². The number of aryl methyl sites for hydroxylation is 1. The van der Waals surface area contributed by atoms with E-state index in [2.05, 4.69) is 11.2 Å². The van der Waals surface area contributed by atoms with E-state index in [1.165, 1.54) is 17.7 Å². The third kappa shape index (κ3) is 1.92. The maximum Gasteiger partial charge on any atom is 0.329 e. The molecule has 1 saturated heterocycles. The SMILES string of the molecule is C#Cc1cc(F)c2c(c1)n(C)c(=O)n2C1CCC(=O)NC1=O. The van der Waals surface area contributed by atoms with Crippen molar-refractivity contribution in [1.29, 1.82) is 0 Å². The number of amides is 2. The highest BCUT2D eigenvalue weighted by Crippen LogP contribution is 2.25. The first-order chi connectivity index (χ1) is 10.4. The molecule has 1 fully saturated rings. The van der Waals surface area contributed by atoms with Crippen molar-refractivity contribution in [2.24, 2.45) is 7.05 Å². The first-order valence-corrected chi connectivity index (χ1v) is 6.65. The van der Waals surface area contributed by atoms with Crippen LogP contribution in [0.2, 0.25) is 0 Å². The molecule has 2 amide bonds. The Hall–Kier alpha value is -2.88. The second-order valence-electron chi connectivity index (χ2n) is 5.15. The van der Waals surface area contributed by atoms with Gasteiger partial charge < -0.3 is 0 Å². The predicted molar refractivity (Wildman–Crippen MR) is 76.5 cm³/mol. The largest absolute Gasteiger partial charge is 0.329 e. The van der Waals surface area contributed by atoms with Crippen molar-refractivity contribution in [2.75, 3.05) is 0 Å². The molecule has 1 atom stereocenters. The Kier molecular flexibility index (Phi) is 3.10. The Labute approximate surface area is 124 Å². The molecule has 2 heterocycles. The molecule has 1 aromatic heterocycles. The highest BCUT2D eigenvalue weighted by molar-refractivity contribution is 6.00. The second-order valence-corrected chi connectivity index (χ2v) is 5.15. The van der Waals surface area contributed by atoms with Gasteiger partial charge in [-0.2, -0.15) is 0 Å². The van der Waals surface area contributed by atoms with Gasteiger partial charge in [-0.25, -0.2) is 9.18 Å². The lowest BCUT2D eigenvalue weighted by Gasteiger charge is -2.22. The van der Waals surface area contributed by atoms with Crippen LogP contribution in [-0.4, -0.2) is 20.9 Å². The van der Waals surface area contributed by atoms with Gasteiger partial charge in [0.15, 0.2) is 0 Å². The number of imide groups is 1. The minimum atomic E-state index is -0.917. The summed E-state index contributed by atoms with van der Waals surface area (Å²) < 4.78 is 16.7. The number of nitrogens with one attached hydrogen (secondary N) is 1. The summed E-state index contributed by atoms with van der Waals surface area (Å²) in [4.78, 5) is 35.6. The van der Waals surface area contributed by atoms with Crippen LogP contribution in [0, 0.1) is 18.2 Å². The number of imidazole rings is 1. The van der Waals surface area contributed by atoms with Gasteiger partial charge in [0.25, 0.3) is 0 Å². The van der Waals surface area contributed by atoms with Crippen molar-refractivity contribution in [3.8, 4) is 12.3 Å². The molecular weight excluding hydrogens is 289 g/mol. The number of terminal acetylenes is 1. The van der Waals surface area contributed by atoms with Crippen molar-refractivity contribution in [3.63, 3.8) is 0 Å². The van der Waals surface area contributed by atoms with Gasteiger partial charge in [0, 0.05) is 19.0 Å². The minimum absolute atomic E-state index is 0.0148. The Morgan fingerprint density at radius 3 is 2.73 bits per heavy atom. The van der Waals surface area contributed by atoms with E-state index in [9.17, 15) is 18.8 Å². The van der Waals surface area contributed by atoms with Crippen LogP contribution in [0.3, 0.4) is 0 Å². The van der Waals surface area contributed by atoms with Gasteiger partial charge in [-0.05, 0) is 18.6 Å². The molecule has 6 nitrogen and oxygen atoms in total. The molecule has 0 saturated carbocycles. The zero-order chi connectivity index (χ0) is 16.0. The summed E-state index contributed by atoms with van der Waals surface area (Å²) in [5.41, 5.74) is 0.0993. The van der Waals surface area contributed by atoms with E-state index >= 15 is 0 Å². The number of hydrogen-bond donors (Lipinski definition) is 1. The molecule has 22 heavy (non-hydrogen) atoms. The molecule has 1 N–H and O–H groups in total. The normalized spacial score (nSPS) is 18.3. The number of carbonyl (C=O) groups is 2. The monoisotopic (exact) mass is 301 g/mol. The number of fused-ring (bicyclic) bond motifs is 1. The lowest BCUT2D eigenvalue weighted by Crippen LogP contribution is -2.44. The molecule has 0 radical (unpaired) electrons. The fourth-order valence-corrected chi connectivity index (χ4v) is 2.74. The highest BCUT2D eigenvalue weighted by atomic mass is 19.1. The smallest absolute Gasteiger partial charge is 0.295 e. The summed E-state index contributed by atoms with van der Waals surface area (Å²) in [5, 5.41) is 2.17. The molecule has 0 bridgehead atoms. The van der Waals surface area contributed by atoms with E-state index in [1.807, 2.05) is 0 Å². The van der Waals surface area contributed by atoms with Gasteiger partial charge in [-0.3, -0.25) is 24.0 Å². The highest BCUT2D eigenvalue weighted by Gasteiger charge is 2.32. The van der Waals surface area contributed by atoms with E-state index in [-0.39, 0.29) is 18.4 Å². The first kappa shape index (κ1) is 14.1. The van der Waals surface area contributed by atoms with Crippen LogP contribution in [0.5, 0.6) is 0 Å². The number of piperidine rings is 1. The molecule has 1 aliphatic heterocycles. The number of halogens is 1. The maximum atomic E-state index is 14.4. The predicted octanol–water partition coefficient (Wildman–Crippen LogP) is 0.438. The molecule has 1 unspecified atom stereocenters. The summed E-state index contributed by atoms with van der Waals surface area (Å²) in [6, 6.07) is 1.74. The van der Waals surface area contributed by atoms with Crippen molar-refractivity contribution in [1.82, 2.24) is 14.5 Å². The number of hydrogen-bond acceptors (Lipinski definition) is 3. The van der Waals surface area contributed by atoms with Gasteiger partial charge >= 0.3 is 5.69 Å². The van der Waals surface area contributed by atoms with Crippen LogP contribution >= 0.6 is 0 Å². The zero-order valence-electron chi connectivity index (χ0n) is 11.7. The average molecular weight is 301 g/mol. The molecular formula is C15H12FN3O3. The van der Waals surface area contributed by atoms with Gasteiger partial charge in [0.1, 0.15) is 17.4 Å². The third-order valence-corrected chi connectivity index (χ3v) is 3.83. The Morgan fingerprint density at radius 1 is 1.36 bits per heavy atom. The summed E-state index contributed by atoms with van der Waals surface area (Å²) in [6.45, 7) is 0. The molecule has 1 aliphatic rings. The molecule has 7 heteroatoms. The fourth-order valence-electron chi connectivity index (χ4n) is 2.74. The van der Waals surface area contributed by atoms with Crippen molar-refractivity contribution >= 4 is 22.8 Å². The zero-order valence-corrected chi connectivity index (χ0v) is 11.7. The van der Waals surface area contributed by atoms with Crippen LogP contribution in [0.1, 0.15) is 24.4 Å². The quantitative estimate of drug-likeness (QED) is 0.613. The maximum absolute atomic E-state index is 14.4. The average Bonchev–Trinajstić information content (AvgIpc) is 2.72. The fraction of sp³-hybridized carbons (Fsp3) is 0.267. The van der Waals surface area contributed by atoms with Crippen molar-refractivity contribution in [3.05, 3.63) is 34.0 Å². The summed E-state index contributed by atoms with van der Waals surface area (Å²) in [7, 11) is 1.48. The summed E-state index contributed by atoms with van der Waals surface area (Å²) >= 11 is 0. The van der Waals surface area contributed by atoms with E-state index < -0.39 is 29.4 Å². The standard InChI is InChI=1S/C15H12FN3O3/c1-3-8-6-9(16)13-11(7-8)18(2)15(22)19(13)10-4-5-12(20)17-14(10)21/h1,6-7,10H,4-5H2,2H3,(H,17,20,21). The number of carbonyl (C=O) groups excluding carboxylic acids is 2. The van der Waals surface area contributed by atoms with Gasteiger partial charge in [-0.15, -0.1) is 6.42 Å². The van der Waals surface area contributed by atoms with Crippen LogP contribution < -0.4 is 11.0 Å². The van der Waals surface area contributed by atoms with Gasteiger partial charge in [0.2, 0.25) is 11.8 Å². The lowest BCUT2D eigenvalue weighted by atomic mass is 10.1.